The highest BCUT2D eigenvalue weighted by Gasteiger charge is 2.31. The smallest absolute Gasteiger partial charge is 0.394 e. The predicted octanol–water partition coefficient (Wildman–Crippen LogP) is 4.41. The van der Waals surface area contributed by atoms with E-state index in [1.54, 1.807) is 24.4 Å². The maximum Gasteiger partial charge on any atom is 0.394 e. The summed E-state index contributed by atoms with van der Waals surface area (Å²) in [5.41, 5.74) is 2.10. The number of fused-ring (bicyclic) bond motifs is 1. The van der Waals surface area contributed by atoms with Gasteiger partial charge in [0.05, 0.1) is 11.7 Å². The molecule has 1 atom stereocenters. The summed E-state index contributed by atoms with van der Waals surface area (Å²) < 4.78 is 36.5. The molecule has 8 nitrogen and oxygen atoms in total. The van der Waals surface area contributed by atoms with Gasteiger partial charge in [-0.2, -0.15) is 8.78 Å². The third-order valence-electron chi connectivity index (χ3n) is 5.87. The molecule has 1 fully saturated rings. The minimum Gasteiger partial charge on any atom is -0.433 e. The lowest BCUT2D eigenvalue weighted by molar-refractivity contribution is -0.158. The van der Waals surface area contributed by atoms with Crippen LogP contribution in [-0.4, -0.2) is 42.8 Å². The zero-order chi connectivity index (χ0) is 24.3. The Morgan fingerprint density at radius 1 is 1.32 bits per heavy atom. The number of amides is 3. The molecule has 3 heterocycles. The summed E-state index contributed by atoms with van der Waals surface area (Å²) >= 11 is 0. The van der Waals surface area contributed by atoms with E-state index >= 15 is 0 Å². The maximum atomic E-state index is 13.3. The van der Waals surface area contributed by atoms with Crippen molar-refractivity contribution in [3.63, 3.8) is 0 Å². The van der Waals surface area contributed by atoms with Crippen molar-refractivity contribution in [1.82, 2.24) is 10.3 Å². The molecule has 10 heteroatoms. The molecule has 2 aliphatic heterocycles. The second kappa shape index (κ2) is 9.92. The van der Waals surface area contributed by atoms with Crippen LogP contribution in [0.5, 0.6) is 5.75 Å². The van der Waals surface area contributed by atoms with Crippen LogP contribution in [0.1, 0.15) is 43.4 Å². The SMILES string of the molecule is Cc1cnc2c(c1)NC(=O)CN2C(=O)NC(CC1CCOCC1)c1ccc(OC(C)(F)F)cc1. The van der Waals surface area contributed by atoms with Gasteiger partial charge in [0, 0.05) is 26.3 Å². The second-order valence-electron chi connectivity index (χ2n) is 8.79. The Morgan fingerprint density at radius 3 is 2.71 bits per heavy atom. The molecule has 2 aromatic rings. The molecular weight excluding hydrogens is 446 g/mol. The van der Waals surface area contributed by atoms with Crippen molar-refractivity contribution in [3.8, 4) is 5.75 Å². The van der Waals surface area contributed by atoms with Gasteiger partial charge in [0.15, 0.2) is 5.82 Å². The molecule has 1 aromatic carbocycles. The fourth-order valence-corrected chi connectivity index (χ4v) is 4.24. The summed E-state index contributed by atoms with van der Waals surface area (Å²) in [6.45, 7) is 3.69. The number of benzene rings is 1. The molecule has 1 saturated heterocycles. The van der Waals surface area contributed by atoms with E-state index < -0.39 is 18.2 Å². The lowest BCUT2D eigenvalue weighted by Crippen LogP contribution is -2.48. The highest BCUT2D eigenvalue weighted by Crippen LogP contribution is 2.32. The van der Waals surface area contributed by atoms with Crippen molar-refractivity contribution in [2.24, 2.45) is 5.92 Å². The third-order valence-corrected chi connectivity index (χ3v) is 5.87. The maximum absolute atomic E-state index is 13.3. The van der Waals surface area contributed by atoms with Gasteiger partial charge in [0.25, 0.3) is 0 Å². The van der Waals surface area contributed by atoms with Gasteiger partial charge in [0.1, 0.15) is 12.3 Å². The molecule has 3 amide bonds. The number of nitrogens with zero attached hydrogens (tertiary/aromatic N) is 2. The molecule has 2 N–H and O–H groups in total. The largest absolute Gasteiger partial charge is 0.433 e. The van der Waals surface area contributed by atoms with Gasteiger partial charge in [-0.3, -0.25) is 9.69 Å². The average Bonchev–Trinajstić information content (AvgIpc) is 2.78. The minimum absolute atomic E-state index is 0.0357. The molecule has 182 valence electrons. The average molecular weight is 475 g/mol. The van der Waals surface area contributed by atoms with Gasteiger partial charge in [-0.25, -0.2) is 9.78 Å². The monoisotopic (exact) mass is 474 g/mol. The Balaban J connectivity index is 1.56. The van der Waals surface area contributed by atoms with E-state index in [1.165, 1.54) is 17.0 Å². The highest BCUT2D eigenvalue weighted by molar-refractivity contribution is 6.08. The van der Waals surface area contributed by atoms with Crippen molar-refractivity contribution in [2.75, 3.05) is 30.0 Å². The van der Waals surface area contributed by atoms with Crippen molar-refractivity contribution in [1.29, 1.82) is 0 Å². The molecule has 1 aromatic heterocycles. The Morgan fingerprint density at radius 2 is 2.03 bits per heavy atom. The molecule has 1 unspecified atom stereocenters. The van der Waals surface area contributed by atoms with E-state index in [4.69, 9.17) is 4.74 Å². The Kier molecular flexibility index (Phi) is 6.97. The van der Waals surface area contributed by atoms with E-state index in [9.17, 15) is 18.4 Å². The second-order valence-corrected chi connectivity index (χ2v) is 8.79. The van der Waals surface area contributed by atoms with Crippen LogP contribution in [0.25, 0.3) is 0 Å². The summed E-state index contributed by atoms with van der Waals surface area (Å²) in [4.78, 5) is 31.2. The van der Waals surface area contributed by atoms with Crippen LogP contribution < -0.4 is 20.3 Å². The highest BCUT2D eigenvalue weighted by atomic mass is 19.3. The molecule has 4 rings (SSSR count). The summed E-state index contributed by atoms with van der Waals surface area (Å²) in [7, 11) is 0. The summed E-state index contributed by atoms with van der Waals surface area (Å²) in [6, 6.07) is 7.18. The zero-order valence-electron chi connectivity index (χ0n) is 19.1. The van der Waals surface area contributed by atoms with E-state index in [1.807, 2.05) is 6.92 Å². The van der Waals surface area contributed by atoms with Crippen LogP contribution in [0.4, 0.5) is 25.1 Å². The first-order valence-corrected chi connectivity index (χ1v) is 11.3. The zero-order valence-corrected chi connectivity index (χ0v) is 19.1. The van der Waals surface area contributed by atoms with Crippen LogP contribution in [0.15, 0.2) is 36.5 Å². The van der Waals surface area contributed by atoms with Gasteiger partial charge in [-0.15, -0.1) is 0 Å². The van der Waals surface area contributed by atoms with Crippen molar-refractivity contribution in [2.45, 2.75) is 45.3 Å². The normalized spacial score (nSPS) is 17.5. The topological polar surface area (TPSA) is 92.8 Å². The van der Waals surface area contributed by atoms with E-state index in [0.717, 1.165) is 24.0 Å². The number of alkyl halides is 2. The minimum atomic E-state index is -3.29. The van der Waals surface area contributed by atoms with E-state index in [0.29, 0.717) is 44.0 Å². The lowest BCUT2D eigenvalue weighted by Gasteiger charge is -2.32. The fourth-order valence-electron chi connectivity index (χ4n) is 4.24. The number of carbonyl (C=O) groups is 2. The number of halogens is 2. The predicted molar refractivity (Wildman–Crippen MR) is 122 cm³/mol. The first-order chi connectivity index (χ1) is 16.2. The van der Waals surface area contributed by atoms with Crippen LogP contribution in [0.2, 0.25) is 0 Å². The number of urea groups is 1. The molecule has 2 aliphatic rings. The van der Waals surface area contributed by atoms with E-state index in [-0.39, 0.29) is 18.2 Å². The number of aryl methyl sites for hydroxylation is 1. The molecule has 0 aliphatic carbocycles. The van der Waals surface area contributed by atoms with Crippen LogP contribution in [0.3, 0.4) is 0 Å². The Hall–Kier alpha value is -3.27. The Bertz CT molecular complexity index is 1040. The molecule has 0 radical (unpaired) electrons. The first-order valence-electron chi connectivity index (χ1n) is 11.3. The number of anilines is 2. The third kappa shape index (κ3) is 5.99. The number of hydrogen-bond acceptors (Lipinski definition) is 5. The number of rotatable bonds is 6. The van der Waals surface area contributed by atoms with Crippen molar-refractivity contribution < 1.29 is 27.8 Å². The lowest BCUT2D eigenvalue weighted by atomic mass is 9.89. The van der Waals surface area contributed by atoms with E-state index in [2.05, 4.69) is 20.4 Å². The van der Waals surface area contributed by atoms with Gasteiger partial charge in [0.2, 0.25) is 5.91 Å². The number of carbonyl (C=O) groups excluding carboxylic acids is 2. The molecular formula is C24H28F2N4O4. The van der Waals surface area contributed by atoms with Crippen molar-refractivity contribution >= 4 is 23.4 Å². The standard InChI is InChI=1S/C24H28F2N4O4/c1-15-11-20-22(27-13-15)30(14-21(31)28-20)23(32)29-19(12-16-7-9-33-10-8-16)17-3-5-18(6-4-17)34-24(2,25)26/h3-6,11,13,16,19H,7-10,12,14H2,1-2H3,(H,28,31)(H,29,32). The van der Waals surface area contributed by atoms with Gasteiger partial charge < -0.3 is 20.1 Å². The van der Waals surface area contributed by atoms with Crippen LogP contribution in [0, 0.1) is 12.8 Å². The molecule has 0 bridgehead atoms. The fraction of sp³-hybridized carbons (Fsp3) is 0.458. The summed E-state index contributed by atoms with van der Waals surface area (Å²) in [6.07, 6.45) is 0.730. The number of aromatic nitrogens is 1. The number of pyridine rings is 1. The Labute approximate surface area is 196 Å². The first kappa shape index (κ1) is 23.9. The van der Waals surface area contributed by atoms with Crippen LogP contribution >= 0.6 is 0 Å². The number of ether oxygens (including phenoxy) is 2. The summed E-state index contributed by atoms with van der Waals surface area (Å²) in [5.74, 6) is 0.431. The number of hydrogen-bond donors (Lipinski definition) is 2. The van der Waals surface area contributed by atoms with Crippen molar-refractivity contribution in [3.05, 3.63) is 47.7 Å². The van der Waals surface area contributed by atoms with Gasteiger partial charge >= 0.3 is 12.1 Å². The molecule has 0 spiro atoms. The quantitative estimate of drug-likeness (QED) is 0.647. The molecule has 34 heavy (non-hydrogen) atoms. The molecule has 0 saturated carbocycles. The van der Waals surface area contributed by atoms with Gasteiger partial charge in [-0.1, -0.05) is 12.1 Å². The van der Waals surface area contributed by atoms with Crippen LogP contribution in [-0.2, 0) is 9.53 Å². The van der Waals surface area contributed by atoms with Gasteiger partial charge in [-0.05, 0) is 61.4 Å². The number of nitrogens with one attached hydrogen (secondary N) is 2. The summed E-state index contributed by atoms with van der Waals surface area (Å²) in [5, 5.41) is 5.78.